The third kappa shape index (κ3) is 4.40. The van der Waals surface area contributed by atoms with E-state index in [1.54, 1.807) is 7.11 Å². The number of ether oxygens (including phenoxy) is 1. The van der Waals surface area contributed by atoms with Crippen molar-refractivity contribution in [2.45, 2.75) is 31.3 Å². The van der Waals surface area contributed by atoms with E-state index < -0.39 is 12.1 Å². The van der Waals surface area contributed by atoms with Gasteiger partial charge in [0.05, 0.1) is 25.8 Å². The summed E-state index contributed by atoms with van der Waals surface area (Å²) in [5, 5.41) is 22.2. The summed E-state index contributed by atoms with van der Waals surface area (Å²) in [6.45, 7) is 2.31. The van der Waals surface area contributed by atoms with Crippen molar-refractivity contribution in [1.82, 2.24) is 10.2 Å². The molecule has 1 saturated heterocycles. The lowest BCUT2D eigenvalue weighted by atomic mass is 9.76. The van der Waals surface area contributed by atoms with E-state index in [9.17, 15) is 15.2 Å². The Morgan fingerprint density at radius 2 is 1.93 bits per heavy atom. The molecular formula is C24H25N3O3. The summed E-state index contributed by atoms with van der Waals surface area (Å²) in [4.78, 5) is 13.8. The van der Waals surface area contributed by atoms with E-state index in [4.69, 9.17) is 4.74 Å². The molecule has 2 amide bonds. The third-order valence-electron chi connectivity index (χ3n) is 5.21. The smallest absolute Gasteiger partial charge is 0.318 e. The minimum Gasteiger partial charge on any atom is -0.497 e. The van der Waals surface area contributed by atoms with Crippen molar-refractivity contribution in [3.63, 3.8) is 0 Å². The molecule has 1 aliphatic rings. The Balaban J connectivity index is 1.75. The predicted octanol–water partition coefficient (Wildman–Crippen LogP) is 2.87. The number of hydrogen-bond acceptors (Lipinski definition) is 4. The van der Waals surface area contributed by atoms with Gasteiger partial charge in [0.15, 0.2) is 0 Å². The third-order valence-corrected chi connectivity index (χ3v) is 5.21. The molecule has 2 aromatic carbocycles. The molecule has 0 unspecified atom stereocenters. The van der Waals surface area contributed by atoms with E-state index in [2.05, 4.69) is 23.2 Å². The zero-order chi connectivity index (χ0) is 21.5. The highest BCUT2D eigenvalue weighted by Gasteiger charge is 2.51. The van der Waals surface area contributed by atoms with Crippen molar-refractivity contribution < 1.29 is 14.6 Å². The molecule has 0 aliphatic carbocycles. The fraction of sp³-hybridized carbons (Fsp3) is 0.333. The van der Waals surface area contributed by atoms with Gasteiger partial charge < -0.3 is 20.1 Å². The first kappa shape index (κ1) is 21.2. The quantitative estimate of drug-likeness (QED) is 0.752. The number of amides is 2. The van der Waals surface area contributed by atoms with Crippen LogP contribution in [0.4, 0.5) is 4.79 Å². The van der Waals surface area contributed by atoms with Gasteiger partial charge in [-0.15, -0.1) is 0 Å². The average Bonchev–Trinajstić information content (AvgIpc) is 2.77. The van der Waals surface area contributed by atoms with Gasteiger partial charge in [-0.25, -0.2) is 4.79 Å². The Labute approximate surface area is 177 Å². The largest absolute Gasteiger partial charge is 0.497 e. The number of nitrogens with one attached hydrogen (secondary N) is 1. The highest BCUT2D eigenvalue weighted by molar-refractivity contribution is 5.77. The molecule has 2 N–H and O–H groups in total. The summed E-state index contributed by atoms with van der Waals surface area (Å²) >= 11 is 0. The Morgan fingerprint density at radius 1 is 1.20 bits per heavy atom. The van der Waals surface area contributed by atoms with Crippen molar-refractivity contribution in [3.8, 4) is 23.7 Å². The molecule has 2 aromatic rings. The van der Waals surface area contributed by atoms with E-state index >= 15 is 0 Å². The van der Waals surface area contributed by atoms with Crippen LogP contribution in [0.2, 0.25) is 0 Å². The number of nitriles is 1. The monoisotopic (exact) mass is 403 g/mol. The van der Waals surface area contributed by atoms with Gasteiger partial charge >= 0.3 is 6.03 Å². The summed E-state index contributed by atoms with van der Waals surface area (Å²) in [5.74, 6) is 6.76. The number of nitrogens with zero attached hydrogens (tertiary/aromatic N) is 2. The van der Waals surface area contributed by atoms with Crippen LogP contribution in [0.15, 0.2) is 48.5 Å². The summed E-state index contributed by atoms with van der Waals surface area (Å²) < 4.78 is 5.21. The fourth-order valence-corrected chi connectivity index (χ4v) is 3.64. The van der Waals surface area contributed by atoms with Crippen molar-refractivity contribution >= 4 is 6.03 Å². The number of carbonyl (C=O) groups excluding carboxylic acids is 1. The molecule has 0 spiro atoms. The van der Waals surface area contributed by atoms with E-state index in [1.165, 1.54) is 4.90 Å². The summed E-state index contributed by atoms with van der Waals surface area (Å²) in [6.07, 6.45) is 0.808. The topological polar surface area (TPSA) is 85.6 Å². The lowest BCUT2D eigenvalue weighted by molar-refractivity contribution is 0.0169. The van der Waals surface area contributed by atoms with E-state index in [1.807, 2.05) is 55.5 Å². The van der Waals surface area contributed by atoms with Crippen molar-refractivity contribution in [2.24, 2.45) is 0 Å². The van der Waals surface area contributed by atoms with Crippen LogP contribution in [0.3, 0.4) is 0 Å². The Morgan fingerprint density at radius 3 is 2.57 bits per heavy atom. The number of benzene rings is 2. The van der Waals surface area contributed by atoms with Crippen LogP contribution < -0.4 is 10.1 Å². The number of carbonyl (C=O) groups is 1. The maximum atomic E-state index is 12.3. The Bertz CT molecular complexity index is 985. The van der Waals surface area contributed by atoms with Gasteiger partial charge in [0, 0.05) is 23.6 Å². The van der Waals surface area contributed by atoms with Gasteiger partial charge in [0.1, 0.15) is 11.8 Å². The van der Waals surface area contributed by atoms with Crippen LogP contribution in [0.1, 0.15) is 36.0 Å². The lowest BCUT2D eigenvalue weighted by Gasteiger charge is -2.51. The number of aliphatic hydroxyl groups excluding tert-OH is 1. The molecule has 154 valence electrons. The van der Waals surface area contributed by atoms with Gasteiger partial charge in [-0.05, 0) is 42.3 Å². The number of aliphatic hydroxyl groups is 1. The number of likely N-dealkylation sites (tertiary alicyclic amines) is 1. The van der Waals surface area contributed by atoms with Gasteiger partial charge in [0.25, 0.3) is 0 Å². The van der Waals surface area contributed by atoms with Crippen LogP contribution in [-0.4, -0.2) is 48.4 Å². The summed E-state index contributed by atoms with van der Waals surface area (Å²) in [5.41, 5.74) is 2.61. The van der Waals surface area contributed by atoms with Crippen molar-refractivity contribution in [3.05, 3.63) is 65.2 Å². The van der Waals surface area contributed by atoms with Gasteiger partial charge in [-0.2, -0.15) is 5.26 Å². The molecule has 6 heteroatoms. The molecule has 6 nitrogen and oxygen atoms in total. The van der Waals surface area contributed by atoms with Crippen LogP contribution in [-0.2, 0) is 0 Å². The molecule has 0 bridgehead atoms. The minimum atomic E-state index is -0.604. The van der Waals surface area contributed by atoms with E-state index in [0.717, 1.165) is 28.9 Å². The van der Waals surface area contributed by atoms with E-state index in [-0.39, 0.29) is 18.6 Å². The first-order valence-electron chi connectivity index (χ1n) is 9.95. The Hall–Kier alpha value is -3.48. The van der Waals surface area contributed by atoms with Crippen LogP contribution >= 0.6 is 0 Å². The molecule has 1 aliphatic heterocycles. The van der Waals surface area contributed by atoms with Gasteiger partial charge in [-0.3, -0.25) is 0 Å². The Kier molecular flexibility index (Phi) is 6.95. The molecule has 30 heavy (non-hydrogen) atoms. The lowest BCUT2D eigenvalue weighted by Crippen LogP contribution is -2.67. The SMILES string of the molecule is CCCNC(=O)N1[C@H](C#N)[C@H](c2ccc(C#Cc3cccc(OC)c3)cc2)[C@H]1CO. The fourth-order valence-electron chi connectivity index (χ4n) is 3.64. The first-order valence-corrected chi connectivity index (χ1v) is 9.95. The number of urea groups is 1. The molecule has 3 rings (SSSR count). The second-order valence-electron chi connectivity index (χ2n) is 7.09. The van der Waals surface area contributed by atoms with Gasteiger partial charge in [0.2, 0.25) is 0 Å². The molecule has 0 saturated carbocycles. The predicted molar refractivity (Wildman–Crippen MR) is 114 cm³/mol. The maximum Gasteiger partial charge on any atom is 0.318 e. The molecule has 1 fully saturated rings. The second-order valence-corrected chi connectivity index (χ2v) is 7.09. The van der Waals surface area contributed by atoms with Crippen LogP contribution in [0.5, 0.6) is 5.75 Å². The van der Waals surface area contributed by atoms with Gasteiger partial charge in [-0.1, -0.05) is 37.0 Å². The highest BCUT2D eigenvalue weighted by atomic mass is 16.5. The molecule has 3 atom stereocenters. The van der Waals surface area contributed by atoms with Crippen molar-refractivity contribution in [2.75, 3.05) is 20.3 Å². The normalized spacial score (nSPS) is 19.7. The molecule has 1 heterocycles. The first-order chi connectivity index (χ1) is 14.6. The number of hydrogen-bond donors (Lipinski definition) is 2. The highest BCUT2D eigenvalue weighted by Crippen LogP contribution is 2.40. The molecular weight excluding hydrogens is 378 g/mol. The van der Waals surface area contributed by atoms with Crippen LogP contribution in [0.25, 0.3) is 0 Å². The zero-order valence-corrected chi connectivity index (χ0v) is 17.1. The summed E-state index contributed by atoms with van der Waals surface area (Å²) in [6, 6.07) is 16.0. The number of methoxy groups -OCH3 is 1. The van der Waals surface area contributed by atoms with Crippen LogP contribution in [0, 0.1) is 23.2 Å². The maximum absolute atomic E-state index is 12.3. The molecule has 0 radical (unpaired) electrons. The zero-order valence-electron chi connectivity index (χ0n) is 17.1. The summed E-state index contributed by atoms with van der Waals surface area (Å²) in [7, 11) is 1.62. The standard InChI is InChI=1S/C24H25N3O3/c1-3-13-26-24(29)27-21(15-25)23(22(27)16-28)19-11-9-17(10-12-19)7-8-18-5-4-6-20(14-18)30-2/h4-6,9-12,14,21-23,28H,3,13,16H2,1-2H3,(H,26,29)/t21-,22-,23+/m1/s1. The number of rotatable bonds is 5. The average molecular weight is 403 g/mol. The van der Waals surface area contributed by atoms with Crippen molar-refractivity contribution in [1.29, 1.82) is 5.26 Å². The van der Waals surface area contributed by atoms with E-state index in [0.29, 0.717) is 6.54 Å². The second kappa shape index (κ2) is 9.82. The molecule has 0 aromatic heterocycles. The minimum absolute atomic E-state index is 0.195.